The third-order valence-corrected chi connectivity index (χ3v) is 2.34. The summed E-state index contributed by atoms with van der Waals surface area (Å²) in [5, 5.41) is 0. The summed E-state index contributed by atoms with van der Waals surface area (Å²) < 4.78 is 16.0. The molecule has 0 unspecified atom stereocenters. The molecule has 0 aliphatic rings. The summed E-state index contributed by atoms with van der Waals surface area (Å²) >= 11 is 0. The number of ether oxygens (including phenoxy) is 3. The van der Waals surface area contributed by atoms with Crippen molar-refractivity contribution in [2.24, 2.45) is 0 Å². The van der Waals surface area contributed by atoms with Crippen molar-refractivity contribution < 1.29 is 19.0 Å². The van der Waals surface area contributed by atoms with Gasteiger partial charge in [-0.25, -0.2) is 0 Å². The van der Waals surface area contributed by atoms with Gasteiger partial charge in [0.15, 0.2) is 6.29 Å². The monoisotopic (exact) mass is 252 g/mol. The standard InChI is InChI=1S/C14H20O4/c1-3-7-17-13-6-5-12(11-15)14(10-13)18-9-4-8-16-2/h5-6,10-11H,3-4,7-9H2,1-2H3. The molecule has 0 aliphatic heterocycles. The van der Waals surface area contributed by atoms with Crippen molar-refractivity contribution in [3.63, 3.8) is 0 Å². The Bertz CT molecular complexity index is 363. The molecule has 0 saturated carbocycles. The molecule has 0 amide bonds. The summed E-state index contributed by atoms with van der Waals surface area (Å²) in [7, 11) is 1.65. The van der Waals surface area contributed by atoms with Crippen molar-refractivity contribution in [1.29, 1.82) is 0 Å². The number of carbonyl (C=O) groups excluding carboxylic acids is 1. The van der Waals surface area contributed by atoms with E-state index in [0.29, 0.717) is 31.1 Å². The Balaban J connectivity index is 2.63. The molecule has 0 fully saturated rings. The zero-order valence-corrected chi connectivity index (χ0v) is 11.0. The van der Waals surface area contributed by atoms with E-state index in [1.807, 2.05) is 6.92 Å². The first-order valence-electron chi connectivity index (χ1n) is 6.15. The minimum Gasteiger partial charge on any atom is -0.493 e. The summed E-state index contributed by atoms with van der Waals surface area (Å²) in [6.45, 7) is 3.86. The second-order valence-corrected chi connectivity index (χ2v) is 3.86. The SMILES string of the molecule is CCCOc1ccc(C=O)c(OCCCOC)c1. The fourth-order valence-corrected chi connectivity index (χ4v) is 1.43. The third-order valence-electron chi connectivity index (χ3n) is 2.34. The quantitative estimate of drug-likeness (QED) is 0.500. The first kappa shape index (κ1) is 14.5. The van der Waals surface area contributed by atoms with E-state index in [4.69, 9.17) is 14.2 Å². The summed E-state index contributed by atoms with van der Waals surface area (Å²) in [4.78, 5) is 10.9. The van der Waals surface area contributed by atoms with Gasteiger partial charge in [0.1, 0.15) is 11.5 Å². The molecule has 0 bridgehead atoms. The summed E-state index contributed by atoms with van der Waals surface area (Å²) in [5.74, 6) is 1.29. The molecule has 0 aliphatic carbocycles. The predicted molar refractivity (Wildman–Crippen MR) is 69.6 cm³/mol. The first-order chi connectivity index (χ1) is 8.81. The molecule has 0 atom stereocenters. The number of rotatable bonds is 9. The predicted octanol–water partition coefficient (Wildman–Crippen LogP) is 2.70. The topological polar surface area (TPSA) is 44.8 Å². The Morgan fingerprint density at radius 3 is 2.67 bits per heavy atom. The molecule has 0 N–H and O–H groups in total. The zero-order valence-electron chi connectivity index (χ0n) is 11.0. The Kier molecular flexibility index (Phi) is 6.87. The average molecular weight is 252 g/mol. The Morgan fingerprint density at radius 1 is 1.17 bits per heavy atom. The molecule has 4 nitrogen and oxygen atoms in total. The van der Waals surface area contributed by atoms with Crippen molar-refractivity contribution in [2.45, 2.75) is 19.8 Å². The molecule has 1 aromatic rings. The van der Waals surface area contributed by atoms with E-state index in [0.717, 1.165) is 24.9 Å². The fraction of sp³-hybridized carbons (Fsp3) is 0.500. The van der Waals surface area contributed by atoms with Crippen molar-refractivity contribution in [3.05, 3.63) is 23.8 Å². The van der Waals surface area contributed by atoms with Gasteiger partial charge in [0.05, 0.1) is 18.8 Å². The van der Waals surface area contributed by atoms with Gasteiger partial charge in [-0.15, -0.1) is 0 Å². The first-order valence-corrected chi connectivity index (χ1v) is 6.15. The lowest BCUT2D eigenvalue weighted by Gasteiger charge is -2.11. The van der Waals surface area contributed by atoms with Gasteiger partial charge in [0.2, 0.25) is 0 Å². The Labute approximate surface area is 108 Å². The molecule has 1 rings (SSSR count). The van der Waals surface area contributed by atoms with Gasteiger partial charge in [-0.1, -0.05) is 6.92 Å². The zero-order chi connectivity index (χ0) is 13.2. The summed E-state index contributed by atoms with van der Waals surface area (Å²) in [6.07, 6.45) is 2.52. The number of aldehydes is 1. The Morgan fingerprint density at radius 2 is 2.00 bits per heavy atom. The van der Waals surface area contributed by atoms with Gasteiger partial charge in [0.25, 0.3) is 0 Å². The lowest BCUT2D eigenvalue weighted by Crippen LogP contribution is -2.04. The van der Waals surface area contributed by atoms with Gasteiger partial charge in [-0.2, -0.15) is 0 Å². The van der Waals surface area contributed by atoms with Crippen LogP contribution in [0.4, 0.5) is 0 Å². The second kappa shape index (κ2) is 8.53. The number of carbonyl (C=O) groups is 1. The van der Waals surface area contributed by atoms with Crippen LogP contribution in [-0.4, -0.2) is 33.2 Å². The van der Waals surface area contributed by atoms with E-state index in [1.54, 1.807) is 25.3 Å². The van der Waals surface area contributed by atoms with Crippen LogP contribution in [0.1, 0.15) is 30.1 Å². The van der Waals surface area contributed by atoms with Gasteiger partial charge in [0, 0.05) is 26.2 Å². The van der Waals surface area contributed by atoms with Gasteiger partial charge in [-0.3, -0.25) is 4.79 Å². The van der Waals surface area contributed by atoms with Crippen LogP contribution in [0.2, 0.25) is 0 Å². The molecule has 1 aromatic carbocycles. The van der Waals surface area contributed by atoms with Crippen molar-refractivity contribution in [2.75, 3.05) is 26.9 Å². The molecule has 100 valence electrons. The lowest BCUT2D eigenvalue weighted by molar-refractivity contribution is 0.111. The summed E-state index contributed by atoms with van der Waals surface area (Å²) in [5.41, 5.74) is 0.538. The average Bonchev–Trinajstić information content (AvgIpc) is 2.41. The molecule has 0 spiro atoms. The number of hydrogen-bond acceptors (Lipinski definition) is 4. The Hall–Kier alpha value is -1.55. The molecule has 0 aromatic heterocycles. The number of methoxy groups -OCH3 is 1. The van der Waals surface area contributed by atoms with Gasteiger partial charge >= 0.3 is 0 Å². The van der Waals surface area contributed by atoms with E-state index < -0.39 is 0 Å². The lowest BCUT2D eigenvalue weighted by atomic mass is 10.2. The third kappa shape index (κ3) is 4.75. The van der Waals surface area contributed by atoms with E-state index in [1.165, 1.54) is 0 Å². The highest BCUT2D eigenvalue weighted by Crippen LogP contribution is 2.24. The molecule has 0 heterocycles. The van der Waals surface area contributed by atoms with E-state index in [2.05, 4.69) is 0 Å². The molecule has 4 heteroatoms. The minimum absolute atomic E-state index is 0.520. The molecular weight excluding hydrogens is 232 g/mol. The fourth-order valence-electron chi connectivity index (χ4n) is 1.43. The van der Waals surface area contributed by atoms with E-state index in [9.17, 15) is 4.79 Å². The molecule has 0 radical (unpaired) electrons. The van der Waals surface area contributed by atoms with E-state index >= 15 is 0 Å². The molecular formula is C14H20O4. The highest BCUT2D eigenvalue weighted by Gasteiger charge is 2.05. The largest absolute Gasteiger partial charge is 0.493 e. The van der Waals surface area contributed by atoms with Crippen molar-refractivity contribution in [3.8, 4) is 11.5 Å². The van der Waals surface area contributed by atoms with Gasteiger partial charge in [-0.05, 0) is 18.6 Å². The van der Waals surface area contributed by atoms with Crippen LogP contribution < -0.4 is 9.47 Å². The summed E-state index contributed by atoms with van der Waals surface area (Å²) in [6, 6.07) is 5.25. The van der Waals surface area contributed by atoms with E-state index in [-0.39, 0.29) is 0 Å². The smallest absolute Gasteiger partial charge is 0.153 e. The van der Waals surface area contributed by atoms with Crippen LogP contribution in [0.3, 0.4) is 0 Å². The maximum atomic E-state index is 10.9. The maximum Gasteiger partial charge on any atom is 0.153 e. The van der Waals surface area contributed by atoms with Gasteiger partial charge < -0.3 is 14.2 Å². The van der Waals surface area contributed by atoms with Crippen LogP contribution in [0.25, 0.3) is 0 Å². The van der Waals surface area contributed by atoms with Crippen LogP contribution in [0.15, 0.2) is 18.2 Å². The number of hydrogen-bond donors (Lipinski definition) is 0. The van der Waals surface area contributed by atoms with Crippen LogP contribution >= 0.6 is 0 Å². The normalized spacial score (nSPS) is 10.1. The maximum absolute atomic E-state index is 10.9. The molecule has 0 saturated heterocycles. The van der Waals surface area contributed by atoms with Crippen LogP contribution in [-0.2, 0) is 4.74 Å². The highest BCUT2D eigenvalue weighted by atomic mass is 16.5. The molecule has 18 heavy (non-hydrogen) atoms. The van der Waals surface area contributed by atoms with Crippen molar-refractivity contribution in [1.82, 2.24) is 0 Å². The minimum atomic E-state index is 0.520. The number of benzene rings is 1. The second-order valence-electron chi connectivity index (χ2n) is 3.86. The van der Waals surface area contributed by atoms with Crippen molar-refractivity contribution >= 4 is 6.29 Å². The van der Waals surface area contributed by atoms with Crippen LogP contribution in [0.5, 0.6) is 11.5 Å². The highest BCUT2D eigenvalue weighted by molar-refractivity contribution is 5.79. The van der Waals surface area contributed by atoms with Crippen LogP contribution in [0, 0.1) is 0 Å².